The van der Waals surface area contributed by atoms with Crippen LogP contribution in [0.2, 0.25) is 0 Å². The number of urea groups is 2. The van der Waals surface area contributed by atoms with Crippen LogP contribution in [0.1, 0.15) is 47.0 Å². The molecule has 0 spiro atoms. The highest BCUT2D eigenvalue weighted by Crippen LogP contribution is 2.24. The molecule has 0 saturated carbocycles. The first-order valence-electron chi connectivity index (χ1n) is 8.59. The highest BCUT2D eigenvalue weighted by atomic mass is 16.5. The molecule has 0 radical (unpaired) electrons. The first kappa shape index (κ1) is 21.4. The molecule has 0 unspecified atom stereocenters. The van der Waals surface area contributed by atoms with E-state index in [0.29, 0.717) is 19.3 Å². The Hall–Kier alpha value is -2.65. The van der Waals surface area contributed by atoms with Gasteiger partial charge in [0, 0.05) is 6.04 Å². The topological polar surface area (TPSA) is 134 Å². The fourth-order valence-electron chi connectivity index (χ4n) is 2.39. The second-order valence-corrected chi connectivity index (χ2v) is 6.10. The van der Waals surface area contributed by atoms with Crippen molar-refractivity contribution in [2.45, 2.75) is 58.5 Å². The van der Waals surface area contributed by atoms with Crippen LogP contribution >= 0.6 is 0 Å². The molecule has 1 rings (SSSR count). The van der Waals surface area contributed by atoms with Crippen molar-refractivity contribution in [2.24, 2.45) is 0 Å². The summed E-state index contributed by atoms with van der Waals surface area (Å²) in [6, 6.07) is -1.47. The van der Waals surface area contributed by atoms with Crippen LogP contribution in [0.15, 0.2) is 0 Å². The molecular weight excluding hydrogens is 344 g/mol. The van der Waals surface area contributed by atoms with Gasteiger partial charge in [0.2, 0.25) is 0 Å². The van der Waals surface area contributed by atoms with E-state index in [4.69, 9.17) is 4.74 Å². The van der Waals surface area contributed by atoms with E-state index in [1.165, 1.54) is 0 Å². The molecule has 1 atom stereocenters. The summed E-state index contributed by atoms with van der Waals surface area (Å²) in [6.45, 7) is 5.88. The lowest BCUT2D eigenvalue weighted by molar-refractivity contribution is -0.151. The monoisotopic (exact) mass is 370 g/mol. The van der Waals surface area contributed by atoms with Crippen LogP contribution in [-0.4, -0.2) is 59.5 Å². The molecule has 1 fully saturated rings. The minimum atomic E-state index is -1.01. The van der Waals surface area contributed by atoms with Gasteiger partial charge < -0.3 is 15.4 Å². The van der Waals surface area contributed by atoms with Gasteiger partial charge in [0.25, 0.3) is 11.8 Å². The van der Waals surface area contributed by atoms with E-state index in [2.05, 4.69) is 10.6 Å². The first-order chi connectivity index (χ1) is 12.2. The summed E-state index contributed by atoms with van der Waals surface area (Å²) in [6.07, 6.45) is 1.49. The maximum atomic E-state index is 12.4. The Kier molecular flexibility index (Phi) is 7.54. The van der Waals surface area contributed by atoms with E-state index in [-0.39, 0.29) is 6.04 Å². The summed E-state index contributed by atoms with van der Waals surface area (Å²) in [5.41, 5.74) is -1.01. The number of nitrogens with one attached hydrogen (secondary N) is 3. The Morgan fingerprint density at radius 3 is 2.31 bits per heavy atom. The number of hydrogen-bond donors (Lipinski definition) is 3. The zero-order valence-electron chi connectivity index (χ0n) is 15.5. The lowest BCUT2D eigenvalue weighted by Gasteiger charge is -2.22. The highest BCUT2D eigenvalue weighted by Gasteiger charge is 2.49. The molecule has 0 aromatic rings. The zero-order chi connectivity index (χ0) is 19.9. The second kappa shape index (κ2) is 9.16. The molecule has 6 amide bonds. The largest absolute Gasteiger partial charge is 0.454 e. The molecule has 0 aliphatic carbocycles. The summed E-state index contributed by atoms with van der Waals surface area (Å²) in [7, 11) is 0. The lowest BCUT2D eigenvalue weighted by Crippen LogP contribution is -2.46. The Morgan fingerprint density at radius 1 is 1.19 bits per heavy atom. The molecule has 1 heterocycles. The number of ether oxygens (including phenoxy) is 1. The Labute approximate surface area is 152 Å². The first-order valence-corrected chi connectivity index (χ1v) is 8.59. The third-order valence-corrected chi connectivity index (χ3v) is 4.35. The van der Waals surface area contributed by atoms with E-state index in [1.807, 2.05) is 12.2 Å². The molecule has 10 nitrogen and oxygen atoms in total. The summed E-state index contributed by atoms with van der Waals surface area (Å²) in [5, 5.41) is 7.12. The Balaban J connectivity index is 2.47. The van der Waals surface area contributed by atoms with Crippen molar-refractivity contribution in [1.82, 2.24) is 20.9 Å². The number of esters is 1. The van der Waals surface area contributed by atoms with Crippen LogP contribution in [0.4, 0.5) is 9.59 Å². The Bertz CT molecular complexity index is 587. The van der Waals surface area contributed by atoms with Gasteiger partial charge in [-0.2, -0.15) is 0 Å². The second-order valence-electron chi connectivity index (χ2n) is 6.10. The van der Waals surface area contributed by atoms with Gasteiger partial charge in [-0.25, -0.2) is 9.59 Å². The molecular formula is C16H26N4O6. The summed E-state index contributed by atoms with van der Waals surface area (Å²) < 4.78 is 4.73. The van der Waals surface area contributed by atoms with Crippen LogP contribution < -0.4 is 16.0 Å². The number of carbonyl (C=O) groups is 5. The molecule has 1 aliphatic rings. The van der Waals surface area contributed by atoms with Gasteiger partial charge in [0.15, 0.2) is 6.61 Å². The number of rotatable bonds is 8. The van der Waals surface area contributed by atoms with Gasteiger partial charge >= 0.3 is 18.0 Å². The van der Waals surface area contributed by atoms with E-state index in [9.17, 15) is 24.0 Å². The van der Waals surface area contributed by atoms with Crippen LogP contribution in [0, 0.1) is 0 Å². The van der Waals surface area contributed by atoms with Crippen LogP contribution in [0.25, 0.3) is 0 Å². The predicted molar refractivity (Wildman–Crippen MR) is 90.9 cm³/mol. The van der Waals surface area contributed by atoms with Gasteiger partial charge in [0.1, 0.15) is 12.1 Å². The molecule has 0 aromatic carbocycles. The third kappa shape index (κ3) is 5.17. The SMILES string of the molecule is CC[C@@H](C)NC(=O)NC(=O)COC(=O)CN1C(=O)NC(CC)(CC)C1=O. The number of imide groups is 2. The maximum absolute atomic E-state index is 12.4. The molecule has 0 bridgehead atoms. The number of amides is 6. The van der Waals surface area contributed by atoms with E-state index < -0.39 is 48.5 Å². The van der Waals surface area contributed by atoms with Crippen molar-refractivity contribution in [3.05, 3.63) is 0 Å². The smallest absolute Gasteiger partial charge is 0.326 e. The maximum Gasteiger partial charge on any atom is 0.326 e. The summed E-state index contributed by atoms with van der Waals surface area (Å²) >= 11 is 0. The molecule has 10 heteroatoms. The fraction of sp³-hybridized carbons (Fsp3) is 0.688. The molecule has 26 heavy (non-hydrogen) atoms. The van der Waals surface area contributed by atoms with Crippen molar-refractivity contribution in [2.75, 3.05) is 13.2 Å². The zero-order valence-corrected chi connectivity index (χ0v) is 15.5. The number of hydrogen-bond acceptors (Lipinski definition) is 6. The van der Waals surface area contributed by atoms with Crippen molar-refractivity contribution in [3.63, 3.8) is 0 Å². The fourth-order valence-corrected chi connectivity index (χ4v) is 2.39. The van der Waals surface area contributed by atoms with Gasteiger partial charge in [0.05, 0.1) is 0 Å². The van der Waals surface area contributed by atoms with Gasteiger partial charge in [-0.1, -0.05) is 20.8 Å². The van der Waals surface area contributed by atoms with Gasteiger partial charge in [-0.15, -0.1) is 0 Å². The van der Waals surface area contributed by atoms with Gasteiger partial charge in [-0.3, -0.25) is 24.6 Å². The van der Waals surface area contributed by atoms with Crippen molar-refractivity contribution >= 4 is 29.8 Å². The predicted octanol–water partition coefficient (Wildman–Crippen LogP) is 0.265. The van der Waals surface area contributed by atoms with Gasteiger partial charge in [-0.05, 0) is 26.2 Å². The quantitative estimate of drug-likeness (QED) is 0.415. The van der Waals surface area contributed by atoms with E-state index in [0.717, 1.165) is 4.90 Å². The average molecular weight is 370 g/mol. The van der Waals surface area contributed by atoms with Crippen molar-refractivity contribution < 1.29 is 28.7 Å². The minimum Gasteiger partial charge on any atom is -0.454 e. The highest BCUT2D eigenvalue weighted by molar-refractivity contribution is 6.08. The van der Waals surface area contributed by atoms with E-state index in [1.54, 1.807) is 20.8 Å². The molecule has 1 saturated heterocycles. The lowest BCUT2D eigenvalue weighted by atomic mass is 9.93. The minimum absolute atomic E-state index is 0.109. The van der Waals surface area contributed by atoms with Crippen LogP contribution in [-0.2, 0) is 19.1 Å². The summed E-state index contributed by atoms with van der Waals surface area (Å²) in [5.74, 6) is -2.23. The van der Waals surface area contributed by atoms with Crippen molar-refractivity contribution in [3.8, 4) is 0 Å². The third-order valence-electron chi connectivity index (χ3n) is 4.35. The van der Waals surface area contributed by atoms with Crippen LogP contribution in [0.5, 0.6) is 0 Å². The summed E-state index contributed by atoms with van der Waals surface area (Å²) in [4.78, 5) is 59.9. The van der Waals surface area contributed by atoms with Crippen molar-refractivity contribution in [1.29, 1.82) is 0 Å². The van der Waals surface area contributed by atoms with Crippen LogP contribution in [0.3, 0.4) is 0 Å². The Morgan fingerprint density at radius 2 is 1.81 bits per heavy atom. The molecule has 0 aromatic heterocycles. The average Bonchev–Trinajstić information content (AvgIpc) is 2.84. The number of carbonyl (C=O) groups excluding carboxylic acids is 5. The standard InChI is InChI=1S/C16H26N4O6/c1-5-10(4)17-14(24)18-11(21)9-26-12(22)8-20-13(23)16(6-2,7-3)19-15(20)25/h10H,5-9H2,1-4H3,(H,19,25)(H2,17,18,21,24)/t10-/m1/s1. The molecule has 3 N–H and O–H groups in total. The number of nitrogens with zero attached hydrogens (tertiary/aromatic N) is 1. The molecule has 146 valence electrons. The van der Waals surface area contributed by atoms with E-state index >= 15 is 0 Å². The molecule has 1 aliphatic heterocycles. The normalized spacial score (nSPS) is 16.7.